The van der Waals surface area contributed by atoms with Gasteiger partial charge in [-0.1, -0.05) is 35.9 Å². The zero-order valence-electron chi connectivity index (χ0n) is 14.1. The van der Waals surface area contributed by atoms with E-state index in [1.165, 1.54) is 11.8 Å². The molecule has 5 nitrogen and oxygen atoms in total. The topological polar surface area (TPSA) is 72.5 Å². The number of aryl methyl sites for hydroxylation is 2. The van der Waals surface area contributed by atoms with E-state index in [0.29, 0.717) is 5.56 Å². The van der Waals surface area contributed by atoms with Gasteiger partial charge in [0, 0.05) is 10.5 Å². The van der Waals surface area contributed by atoms with Crippen molar-refractivity contribution in [3.05, 3.63) is 65.2 Å². The van der Waals surface area contributed by atoms with Crippen LogP contribution in [0.25, 0.3) is 0 Å². The minimum absolute atomic E-state index is 0.101. The first-order valence-electron chi connectivity index (χ1n) is 7.70. The Kier molecular flexibility index (Phi) is 6.77. The number of thioether (sulfide) groups is 1. The predicted octanol–water partition coefficient (Wildman–Crippen LogP) is 2.90. The highest BCUT2D eigenvalue weighted by molar-refractivity contribution is 8.00. The van der Waals surface area contributed by atoms with E-state index < -0.39 is 24.4 Å². The van der Waals surface area contributed by atoms with Gasteiger partial charge in [0.25, 0.3) is 11.8 Å². The minimum atomic E-state index is -0.654. The third kappa shape index (κ3) is 6.08. The van der Waals surface area contributed by atoms with Gasteiger partial charge in [-0.3, -0.25) is 19.7 Å². The zero-order valence-corrected chi connectivity index (χ0v) is 14.9. The van der Waals surface area contributed by atoms with Crippen molar-refractivity contribution in [2.24, 2.45) is 0 Å². The Morgan fingerprint density at radius 3 is 2.44 bits per heavy atom. The summed E-state index contributed by atoms with van der Waals surface area (Å²) in [5, 5.41) is 2.18. The van der Waals surface area contributed by atoms with Crippen molar-refractivity contribution in [2.75, 3.05) is 12.4 Å². The maximum Gasteiger partial charge on any atom is 0.316 e. The molecule has 130 valence electrons. The second-order valence-electron chi connectivity index (χ2n) is 5.46. The Morgan fingerprint density at radius 1 is 1.04 bits per heavy atom. The number of carbonyl (C=O) groups excluding carboxylic acids is 3. The minimum Gasteiger partial charge on any atom is -0.455 e. The Bertz CT molecular complexity index is 774. The average Bonchev–Trinajstić information content (AvgIpc) is 2.60. The van der Waals surface area contributed by atoms with Crippen molar-refractivity contribution < 1.29 is 19.1 Å². The summed E-state index contributed by atoms with van der Waals surface area (Å²) < 4.78 is 4.90. The van der Waals surface area contributed by atoms with Gasteiger partial charge in [-0.05, 0) is 37.6 Å². The summed E-state index contributed by atoms with van der Waals surface area (Å²) in [6, 6.07) is 14.3. The van der Waals surface area contributed by atoms with Crippen molar-refractivity contribution in [3.63, 3.8) is 0 Å². The van der Waals surface area contributed by atoms with E-state index in [1.807, 2.05) is 32.0 Å². The van der Waals surface area contributed by atoms with Gasteiger partial charge in [0.1, 0.15) is 0 Å². The second kappa shape index (κ2) is 9.03. The molecule has 2 aromatic rings. The van der Waals surface area contributed by atoms with Crippen molar-refractivity contribution in [1.82, 2.24) is 5.32 Å². The van der Waals surface area contributed by atoms with Crippen molar-refractivity contribution >= 4 is 29.5 Å². The molecular formula is C19H19NO4S. The van der Waals surface area contributed by atoms with Gasteiger partial charge in [0.05, 0.1) is 5.75 Å². The van der Waals surface area contributed by atoms with E-state index in [4.69, 9.17) is 4.74 Å². The van der Waals surface area contributed by atoms with Crippen LogP contribution in [-0.4, -0.2) is 30.1 Å². The summed E-state index contributed by atoms with van der Waals surface area (Å²) in [5.41, 5.74) is 2.61. The molecule has 0 saturated heterocycles. The molecule has 0 aliphatic rings. The fourth-order valence-corrected chi connectivity index (χ4v) is 2.92. The first-order valence-corrected chi connectivity index (χ1v) is 8.69. The lowest BCUT2D eigenvalue weighted by atomic mass is 10.2. The number of esters is 1. The van der Waals surface area contributed by atoms with Crippen molar-refractivity contribution in [1.29, 1.82) is 0 Å². The molecule has 2 amide bonds. The Hall–Kier alpha value is -2.60. The molecule has 2 rings (SSSR count). The van der Waals surface area contributed by atoms with Crippen LogP contribution in [-0.2, 0) is 14.3 Å². The third-order valence-electron chi connectivity index (χ3n) is 3.33. The Balaban J connectivity index is 1.74. The molecular weight excluding hydrogens is 338 g/mol. The fraction of sp³-hybridized carbons (Fsp3) is 0.211. The van der Waals surface area contributed by atoms with Crippen LogP contribution in [0.1, 0.15) is 21.5 Å². The van der Waals surface area contributed by atoms with Gasteiger partial charge in [-0.15, -0.1) is 11.8 Å². The van der Waals surface area contributed by atoms with Crippen LogP contribution in [0.3, 0.4) is 0 Å². The average molecular weight is 357 g/mol. The number of hydrogen-bond acceptors (Lipinski definition) is 5. The molecule has 2 aromatic carbocycles. The molecule has 0 fully saturated rings. The molecule has 0 unspecified atom stereocenters. The number of carbonyl (C=O) groups is 3. The lowest BCUT2D eigenvalue weighted by Crippen LogP contribution is -2.34. The number of nitrogens with one attached hydrogen (secondary N) is 1. The molecule has 0 atom stereocenters. The molecule has 0 spiro atoms. The molecule has 0 bridgehead atoms. The normalized spacial score (nSPS) is 10.2. The third-order valence-corrected chi connectivity index (χ3v) is 4.48. The van der Waals surface area contributed by atoms with Gasteiger partial charge in [0.15, 0.2) is 6.61 Å². The maximum atomic E-state index is 11.8. The van der Waals surface area contributed by atoms with Crippen LogP contribution < -0.4 is 5.32 Å². The van der Waals surface area contributed by atoms with Crippen LogP contribution in [0, 0.1) is 13.8 Å². The number of ether oxygens (including phenoxy) is 1. The first kappa shape index (κ1) is 18.7. The van der Waals surface area contributed by atoms with Gasteiger partial charge in [-0.2, -0.15) is 0 Å². The molecule has 0 aliphatic heterocycles. The number of benzene rings is 2. The van der Waals surface area contributed by atoms with Crippen molar-refractivity contribution in [2.45, 2.75) is 18.7 Å². The second-order valence-corrected chi connectivity index (χ2v) is 6.48. The molecule has 0 heterocycles. The summed E-state index contributed by atoms with van der Waals surface area (Å²) in [5.74, 6) is -1.58. The first-order chi connectivity index (χ1) is 12.0. The molecule has 0 saturated carbocycles. The molecule has 0 aromatic heterocycles. The van der Waals surface area contributed by atoms with E-state index in [-0.39, 0.29) is 5.75 Å². The van der Waals surface area contributed by atoms with E-state index >= 15 is 0 Å². The van der Waals surface area contributed by atoms with E-state index in [2.05, 4.69) is 5.32 Å². The summed E-state index contributed by atoms with van der Waals surface area (Å²) in [6.45, 7) is 3.50. The number of imide groups is 1. The fourth-order valence-electron chi connectivity index (χ4n) is 2.11. The maximum absolute atomic E-state index is 11.8. The lowest BCUT2D eigenvalue weighted by molar-refractivity contribution is -0.145. The summed E-state index contributed by atoms with van der Waals surface area (Å²) in [7, 11) is 0. The highest BCUT2D eigenvalue weighted by Gasteiger charge is 2.13. The van der Waals surface area contributed by atoms with Gasteiger partial charge in [0.2, 0.25) is 0 Å². The Morgan fingerprint density at radius 2 is 1.76 bits per heavy atom. The Labute approximate surface area is 150 Å². The van der Waals surface area contributed by atoms with Gasteiger partial charge >= 0.3 is 5.97 Å². The monoisotopic (exact) mass is 357 g/mol. The predicted molar refractivity (Wildman–Crippen MR) is 96.5 cm³/mol. The molecule has 0 radical (unpaired) electrons. The van der Waals surface area contributed by atoms with E-state index in [1.54, 1.807) is 30.3 Å². The van der Waals surface area contributed by atoms with Crippen LogP contribution in [0.5, 0.6) is 0 Å². The number of amides is 2. The SMILES string of the molecule is Cc1ccc(SCC(=O)OCC(=O)NC(=O)c2ccccc2)c(C)c1. The molecule has 6 heteroatoms. The highest BCUT2D eigenvalue weighted by atomic mass is 32.2. The largest absolute Gasteiger partial charge is 0.455 e. The van der Waals surface area contributed by atoms with Crippen LogP contribution in [0.2, 0.25) is 0 Å². The van der Waals surface area contributed by atoms with Gasteiger partial charge in [-0.25, -0.2) is 0 Å². The summed E-state index contributed by atoms with van der Waals surface area (Å²) >= 11 is 1.35. The molecule has 25 heavy (non-hydrogen) atoms. The van der Waals surface area contributed by atoms with Gasteiger partial charge < -0.3 is 4.74 Å². The molecule has 0 aliphatic carbocycles. The quantitative estimate of drug-likeness (QED) is 0.636. The van der Waals surface area contributed by atoms with E-state index in [9.17, 15) is 14.4 Å². The molecule has 1 N–H and O–H groups in total. The van der Waals surface area contributed by atoms with Crippen LogP contribution in [0.15, 0.2) is 53.4 Å². The standard InChI is InChI=1S/C19H19NO4S/c1-13-8-9-16(14(2)10-13)25-12-18(22)24-11-17(21)20-19(23)15-6-4-3-5-7-15/h3-10H,11-12H2,1-2H3,(H,20,21,23). The van der Waals surface area contributed by atoms with Crippen molar-refractivity contribution in [3.8, 4) is 0 Å². The van der Waals surface area contributed by atoms with Crippen LogP contribution >= 0.6 is 11.8 Å². The summed E-state index contributed by atoms with van der Waals surface area (Å²) in [4.78, 5) is 36.2. The number of hydrogen-bond donors (Lipinski definition) is 1. The highest BCUT2D eigenvalue weighted by Crippen LogP contribution is 2.23. The lowest BCUT2D eigenvalue weighted by Gasteiger charge is -2.07. The summed E-state index contributed by atoms with van der Waals surface area (Å²) in [6.07, 6.45) is 0. The van der Waals surface area contributed by atoms with E-state index in [0.717, 1.165) is 16.0 Å². The number of rotatable bonds is 6. The smallest absolute Gasteiger partial charge is 0.316 e. The van der Waals surface area contributed by atoms with Crippen LogP contribution in [0.4, 0.5) is 0 Å². The zero-order chi connectivity index (χ0) is 18.2.